The van der Waals surface area contributed by atoms with Crippen molar-refractivity contribution in [1.29, 1.82) is 0 Å². The maximum atomic E-state index is 12.6. The number of likely N-dealkylation sites (tertiary alicyclic amines) is 1. The van der Waals surface area contributed by atoms with Crippen molar-refractivity contribution >= 4 is 40.2 Å². The summed E-state index contributed by atoms with van der Waals surface area (Å²) in [6.07, 6.45) is 1.46. The van der Waals surface area contributed by atoms with Crippen molar-refractivity contribution in [2.75, 3.05) is 68.1 Å². The summed E-state index contributed by atoms with van der Waals surface area (Å²) in [5.74, 6) is 0.379. The van der Waals surface area contributed by atoms with Crippen LogP contribution in [0.5, 0.6) is 0 Å². The van der Waals surface area contributed by atoms with Gasteiger partial charge in [0.2, 0.25) is 0 Å². The lowest BCUT2D eigenvalue weighted by Gasteiger charge is -2.41. The van der Waals surface area contributed by atoms with E-state index in [1.165, 1.54) is 44.8 Å². The summed E-state index contributed by atoms with van der Waals surface area (Å²) in [6.45, 7) is 7.67. The summed E-state index contributed by atoms with van der Waals surface area (Å²) >= 11 is 0. The number of likely N-dealkylation sites (N-methyl/N-ethyl adjacent to an activating group) is 2. The Kier molecular flexibility index (Phi) is 10.1. The van der Waals surface area contributed by atoms with Crippen LogP contribution in [-0.4, -0.2) is 86.0 Å². The van der Waals surface area contributed by atoms with Gasteiger partial charge in [-0.3, -0.25) is 0 Å². The predicted octanol–water partition coefficient (Wildman–Crippen LogP) is 7.87. The Hall–Kier alpha value is -5.64. The van der Waals surface area contributed by atoms with Gasteiger partial charge >= 0.3 is 12.2 Å². The number of aromatic nitrogens is 1. The number of anilines is 3. The number of hydrogen-bond acceptors (Lipinski definition) is 7. The van der Waals surface area contributed by atoms with Gasteiger partial charge in [0, 0.05) is 94.9 Å². The molecule has 5 aliphatic heterocycles. The average molecular weight is 741 g/mol. The molecule has 1 fully saturated rings. The number of ether oxygens (including phenoxy) is 2. The van der Waals surface area contributed by atoms with Crippen molar-refractivity contribution in [2.45, 2.75) is 58.5 Å². The molecule has 0 radical (unpaired) electrons. The number of benzene rings is 4. The average Bonchev–Trinajstić information content (AvgIpc) is 3.72. The highest BCUT2D eigenvalue weighted by atomic mass is 16.6. The van der Waals surface area contributed by atoms with Crippen molar-refractivity contribution in [3.8, 4) is 0 Å². The lowest BCUT2D eigenvalue weighted by Crippen LogP contribution is -2.50. The number of fused-ring (bicyclic) bond motifs is 6. The van der Waals surface area contributed by atoms with Crippen LogP contribution in [0.3, 0.4) is 0 Å². The van der Waals surface area contributed by atoms with Gasteiger partial charge in [0.1, 0.15) is 13.2 Å². The third-order valence-corrected chi connectivity index (χ3v) is 12.0. The molecule has 5 aliphatic rings. The largest absolute Gasteiger partial charge is 0.445 e. The van der Waals surface area contributed by atoms with Crippen molar-refractivity contribution in [2.24, 2.45) is 0 Å². The molecule has 10 nitrogen and oxygen atoms in total. The van der Waals surface area contributed by atoms with E-state index >= 15 is 0 Å². The smallest absolute Gasteiger partial charge is 0.410 e. The summed E-state index contributed by atoms with van der Waals surface area (Å²) in [5, 5.41) is 1.27. The first-order chi connectivity index (χ1) is 26.4. The van der Waals surface area contributed by atoms with Gasteiger partial charge in [-0.1, -0.05) is 92.4 Å². The number of amides is 2. The zero-order valence-electron chi connectivity index (χ0n) is 31.2. The molecule has 55 heavy (non-hydrogen) atoms. The molecule has 0 aliphatic carbocycles. The topological polar surface area (TPSA) is 73.7 Å². The molecule has 10 heteroatoms. The molecule has 1 saturated heterocycles. The molecule has 0 N–H and O–H groups in total. The van der Waals surface area contributed by atoms with Crippen LogP contribution in [0.15, 0.2) is 97.1 Å². The Balaban J connectivity index is 0.000000153. The summed E-state index contributed by atoms with van der Waals surface area (Å²) in [4.78, 5) is 36.2. The van der Waals surface area contributed by atoms with E-state index in [2.05, 4.69) is 69.8 Å². The molecule has 0 spiro atoms. The van der Waals surface area contributed by atoms with Crippen molar-refractivity contribution in [1.82, 2.24) is 14.4 Å². The summed E-state index contributed by atoms with van der Waals surface area (Å²) in [5.41, 5.74) is 11.4. The molecule has 2 atom stereocenters. The zero-order chi connectivity index (χ0) is 36.8. The Morgan fingerprint density at radius 2 is 1.31 bits per heavy atom. The quantitative estimate of drug-likeness (QED) is 0.186. The van der Waals surface area contributed by atoms with Crippen LogP contribution < -0.4 is 14.7 Å². The first-order valence-corrected chi connectivity index (χ1v) is 19.3. The molecule has 2 amide bonds. The summed E-state index contributed by atoms with van der Waals surface area (Å²) in [7, 11) is 4.32. The van der Waals surface area contributed by atoms with Gasteiger partial charge in [0.25, 0.3) is 0 Å². The fraction of sp³-hybridized carbons (Fsp3) is 0.378. The number of hydrogen-bond donors (Lipinski definition) is 0. The molecular weight excluding hydrogens is 689 g/mol. The fourth-order valence-electron chi connectivity index (χ4n) is 9.26. The van der Waals surface area contributed by atoms with Crippen LogP contribution in [0.1, 0.15) is 47.7 Å². The van der Waals surface area contributed by atoms with Gasteiger partial charge in [-0.15, -0.1) is 0 Å². The first-order valence-electron chi connectivity index (χ1n) is 19.3. The summed E-state index contributed by atoms with van der Waals surface area (Å²) < 4.78 is 13.6. The highest BCUT2D eigenvalue weighted by molar-refractivity contribution is 5.96. The van der Waals surface area contributed by atoms with Gasteiger partial charge in [0.15, 0.2) is 0 Å². The van der Waals surface area contributed by atoms with Gasteiger partial charge < -0.3 is 38.5 Å². The third kappa shape index (κ3) is 6.72. The van der Waals surface area contributed by atoms with Crippen LogP contribution in [0.25, 0.3) is 10.9 Å². The Morgan fingerprint density at radius 1 is 0.673 bits per heavy atom. The minimum Gasteiger partial charge on any atom is -0.445 e. The standard InChI is InChI=1S/C22H25N3O2.C22H23N3O2.CH4/c2*1-23-12-13-25-19-10-11-24(22(26)27-15-16-6-3-2-4-7-16)14-18(19)17-8-5-9-20(23)21(17)25;/h2-9,18-19H,10-15H2,1H3;2-9H,10-15H2,1H3;1H4. The second-order valence-corrected chi connectivity index (χ2v) is 15.2. The van der Waals surface area contributed by atoms with E-state index in [-0.39, 0.29) is 19.6 Å². The number of rotatable bonds is 4. The SMILES string of the molecule is C.CN1CCN2c3c(cccc31)C1CN(C(=O)OCc3ccccc3)CCC12.CN1CCn2c3c(c4cccc1c42)CN(C(=O)OCc1ccccc1)CC3. The first kappa shape index (κ1) is 36.3. The number of piperidine rings is 1. The maximum absolute atomic E-state index is 12.6. The van der Waals surface area contributed by atoms with E-state index < -0.39 is 0 Å². The zero-order valence-corrected chi connectivity index (χ0v) is 31.2. The minimum atomic E-state index is -0.228. The van der Waals surface area contributed by atoms with E-state index in [0.29, 0.717) is 38.3 Å². The second-order valence-electron chi connectivity index (χ2n) is 15.2. The van der Waals surface area contributed by atoms with Gasteiger partial charge in [-0.25, -0.2) is 9.59 Å². The van der Waals surface area contributed by atoms with Crippen LogP contribution >= 0.6 is 0 Å². The molecular formula is C45H52N6O4. The molecule has 1 aromatic heterocycles. The normalized spacial score (nSPS) is 19.1. The summed E-state index contributed by atoms with van der Waals surface area (Å²) in [6, 6.07) is 33.3. The Morgan fingerprint density at radius 3 is 2.04 bits per heavy atom. The van der Waals surface area contributed by atoms with Crippen LogP contribution in [-0.2, 0) is 42.2 Å². The fourth-order valence-corrected chi connectivity index (χ4v) is 9.26. The van der Waals surface area contributed by atoms with Crippen LogP contribution in [0.4, 0.5) is 26.7 Å². The molecule has 286 valence electrons. The Labute approximate surface area is 324 Å². The minimum absolute atomic E-state index is 0. The Bertz CT molecular complexity index is 2170. The number of para-hydroxylation sites is 2. The molecule has 6 heterocycles. The van der Waals surface area contributed by atoms with E-state index in [0.717, 1.165) is 63.2 Å². The molecule has 0 bridgehead atoms. The predicted molar refractivity (Wildman–Crippen MR) is 219 cm³/mol. The highest BCUT2D eigenvalue weighted by Gasteiger charge is 2.45. The van der Waals surface area contributed by atoms with Crippen molar-refractivity contribution in [3.05, 3.63) is 125 Å². The second kappa shape index (κ2) is 15.2. The number of nitrogens with zero attached hydrogens (tertiary/aromatic N) is 6. The molecule has 2 unspecified atom stereocenters. The number of carbonyl (C=O) groups excluding carboxylic acids is 2. The van der Waals surface area contributed by atoms with Gasteiger partial charge in [-0.2, -0.15) is 0 Å². The molecule has 4 aromatic carbocycles. The van der Waals surface area contributed by atoms with E-state index in [1.807, 2.05) is 70.5 Å². The van der Waals surface area contributed by atoms with E-state index in [1.54, 1.807) is 0 Å². The molecule has 0 saturated carbocycles. The van der Waals surface area contributed by atoms with Crippen LogP contribution in [0, 0.1) is 0 Å². The van der Waals surface area contributed by atoms with Gasteiger partial charge in [0.05, 0.1) is 29.1 Å². The lowest BCUT2D eigenvalue weighted by atomic mass is 9.89. The monoisotopic (exact) mass is 740 g/mol. The third-order valence-electron chi connectivity index (χ3n) is 12.0. The highest BCUT2D eigenvalue weighted by Crippen LogP contribution is 2.50. The van der Waals surface area contributed by atoms with E-state index in [9.17, 15) is 9.59 Å². The van der Waals surface area contributed by atoms with E-state index in [4.69, 9.17) is 9.47 Å². The number of carbonyl (C=O) groups is 2. The molecule has 10 rings (SSSR count). The van der Waals surface area contributed by atoms with Crippen molar-refractivity contribution in [3.63, 3.8) is 0 Å². The van der Waals surface area contributed by atoms with Gasteiger partial charge in [-0.05, 0) is 35.2 Å². The molecule has 5 aromatic rings. The van der Waals surface area contributed by atoms with Crippen molar-refractivity contribution < 1.29 is 19.1 Å². The van der Waals surface area contributed by atoms with Crippen LogP contribution in [0.2, 0.25) is 0 Å². The lowest BCUT2D eigenvalue weighted by molar-refractivity contribution is 0.0836. The maximum Gasteiger partial charge on any atom is 0.410 e.